The number of nitriles is 1. The predicted octanol–water partition coefficient (Wildman–Crippen LogP) is 3.38. The van der Waals surface area contributed by atoms with E-state index in [9.17, 15) is 31.1 Å². The number of hydrogen-bond acceptors (Lipinski definition) is 3. The number of methoxy groups -OCH3 is 1. The van der Waals surface area contributed by atoms with Gasteiger partial charge in [0.15, 0.2) is 0 Å². The summed E-state index contributed by atoms with van der Waals surface area (Å²) in [7, 11) is 0.717. The number of halogens is 6. The van der Waals surface area contributed by atoms with E-state index in [0.29, 0.717) is 6.07 Å². The summed E-state index contributed by atoms with van der Waals surface area (Å²) in [6.07, 6.45) is -10.8. The quantitative estimate of drug-likeness (QED) is 0.590. The molecule has 1 aromatic carbocycles. The molecular weight excluding hydrogens is 292 g/mol. The average molecular weight is 297 g/mol. The Morgan fingerprint density at radius 1 is 1.15 bits per heavy atom. The minimum atomic E-state index is -5.43. The Balaban J connectivity index is 3.83. The van der Waals surface area contributed by atoms with Gasteiger partial charge in [-0.05, 0) is 12.1 Å². The fraction of sp³-hybridized carbons (Fsp3) is 0.273. The topological polar surface area (TPSA) is 50.1 Å². The fourth-order valence-electron chi connectivity index (χ4n) is 1.51. The van der Waals surface area contributed by atoms with Crippen LogP contribution in [-0.2, 0) is 17.1 Å². The third-order valence-electron chi connectivity index (χ3n) is 2.26. The van der Waals surface area contributed by atoms with Gasteiger partial charge >= 0.3 is 18.3 Å². The van der Waals surface area contributed by atoms with Gasteiger partial charge in [-0.3, -0.25) is 0 Å². The molecule has 0 radical (unpaired) electrons. The first-order valence-corrected chi connectivity index (χ1v) is 4.83. The minimum Gasteiger partial charge on any atom is -0.465 e. The van der Waals surface area contributed by atoms with Crippen molar-refractivity contribution in [1.82, 2.24) is 0 Å². The zero-order valence-electron chi connectivity index (χ0n) is 9.69. The molecule has 9 heteroatoms. The van der Waals surface area contributed by atoms with E-state index >= 15 is 0 Å². The first-order valence-electron chi connectivity index (χ1n) is 4.83. The Morgan fingerprint density at radius 3 is 2.05 bits per heavy atom. The Kier molecular flexibility index (Phi) is 3.98. The second-order valence-corrected chi connectivity index (χ2v) is 3.55. The van der Waals surface area contributed by atoms with Gasteiger partial charge < -0.3 is 4.74 Å². The number of benzene rings is 1. The summed E-state index contributed by atoms with van der Waals surface area (Å²) in [6, 6.07) is 1.71. The average Bonchev–Trinajstić information content (AvgIpc) is 2.33. The van der Waals surface area contributed by atoms with Gasteiger partial charge in [0.25, 0.3) is 0 Å². The van der Waals surface area contributed by atoms with Crippen LogP contribution in [0.3, 0.4) is 0 Å². The molecule has 1 aromatic rings. The minimum absolute atomic E-state index is 0.0370. The SMILES string of the molecule is COC(=O)c1cc(C#N)cc(C(F)(F)F)c1C(F)(F)F. The number of esters is 1. The molecule has 0 unspecified atom stereocenters. The van der Waals surface area contributed by atoms with E-state index in [1.807, 2.05) is 0 Å². The Bertz CT molecular complexity index is 582. The largest absolute Gasteiger partial charge is 0.465 e. The summed E-state index contributed by atoms with van der Waals surface area (Å²) >= 11 is 0. The molecule has 0 aliphatic carbocycles. The molecule has 1 rings (SSSR count). The highest BCUT2D eigenvalue weighted by atomic mass is 19.4. The zero-order chi connectivity index (χ0) is 15.7. The van der Waals surface area contributed by atoms with Crippen LogP contribution in [0.4, 0.5) is 26.3 Å². The van der Waals surface area contributed by atoms with Crippen LogP contribution in [0.1, 0.15) is 27.0 Å². The van der Waals surface area contributed by atoms with Crippen LogP contribution in [0.5, 0.6) is 0 Å². The molecule has 0 aliphatic heterocycles. The number of hydrogen-bond donors (Lipinski definition) is 0. The van der Waals surface area contributed by atoms with E-state index in [4.69, 9.17) is 5.26 Å². The van der Waals surface area contributed by atoms with Gasteiger partial charge in [0.05, 0.1) is 35.4 Å². The maximum Gasteiger partial charge on any atom is 0.417 e. The monoisotopic (exact) mass is 297 g/mol. The fourth-order valence-corrected chi connectivity index (χ4v) is 1.51. The molecule has 0 bridgehead atoms. The number of nitrogens with zero attached hydrogens (tertiary/aromatic N) is 1. The van der Waals surface area contributed by atoms with Crippen molar-refractivity contribution in [3.8, 4) is 6.07 Å². The van der Waals surface area contributed by atoms with E-state index in [2.05, 4.69) is 4.74 Å². The van der Waals surface area contributed by atoms with Gasteiger partial charge in [0, 0.05) is 0 Å². The van der Waals surface area contributed by atoms with Gasteiger partial charge in [0.2, 0.25) is 0 Å². The van der Waals surface area contributed by atoms with Crippen LogP contribution in [0.15, 0.2) is 12.1 Å². The molecular formula is C11H5F6NO2. The molecule has 0 N–H and O–H groups in total. The smallest absolute Gasteiger partial charge is 0.417 e. The van der Waals surface area contributed by atoms with Crippen LogP contribution in [0.25, 0.3) is 0 Å². The van der Waals surface area contributed by atoms with Gasteiger partial charge in [0.1, 0.15) is 0 Å². The summed E-state index contributed by atoms with van der Waals surface area (Å²) in [5, 5.41) is 8.55. The molecule has 0 fully saturated rings. The molecule has 3 nitrogen and oxygen atoms in total. The van der Waals surface area contributed by atoms with E-state index in [0.717, 1.165) is 7.11 Å². The summed E-state index contributed by atoms with van der Waals surface area (Å²) in [5.74, 6) is -1.61. The standard InChI is InChI=1S/C11H5F6NO2/c1-20-9(19)6-2-5(4-18)3-7(10(12,13)14)8(6)11(15,16)17/h2-3H,1H3. The van der Waals surface area contributed by atoms with Gasteiger partial charge in [-0.25, -0.2) is 4.79 Å². The van der Waals surface area contributed by atoms with Crippen LogP contribution >= 0.6 is 0 Å². The lowest BCUT2D eigenvalue weighted by atomic mass is 9.97. The highest BCUT2D eigenvalue weighted by Crippen LogP contribution is 2.42. The van der Waals surface area contributed by atoms with E-state index in [-0.39, 0.29) is 6.07 Å². The number of alkyl halides is 6. The zero-order valence-corrected chi connectivity index (χ0v) is 9.69. The molecule has 0 heterocycles. The van der Waals surface area contributed by atoms with Crippen LogP contribution < -0.4 is 0 Å². The summed E-state index contributed by atoms with van der Waals surface area (Å²) < 4.78 is 80.4. The number of rotatable bonds is 1. The number of ether oxygens (including phenoxy) is 1. The molecule has 108 valence electrons. The number of carbonyl (C=O) groups is 1. The second kappa shape index (κ2) is 5.03. The van der Waals surface area contributed by atoms with Crippen molar-refractivity contribution in [1.29, 1.82) is 5.26 Å². The highest BCUT2D eigenvalue weighted by Gasteiger charge is 2.46. The van der Waals surface area contributed by atoms with Crippen molar-refractivity contribution in [2.45, 2.75) is 12.4 Å². The lowest BCUT2D eigenvalue weighted by Gasteiger charge is -2.18. The van der Waals surface area contributed by atoms with Crippen LogP contribution in [0.2, 0.25) is 0 Å². The molecule has 0 aromatic heterocycles. The summed E-state index contributed by atoms with van der Waals surface area (Å²) in [6.45, 7) is 0. The second-order valence-electron chi connectivity index (χ2n) is 3.55. The van der Waals surface area contributed by atoms with Crippen molar-refractivity contribution >= 4 is 5.97 Å². The van der Waals surface area contributed by atoms with Gasteiger partial charge in [-0.1, -0.05) is 0 Å². The normalized spacial score (nSPS) is 11.9. The molecule has 0 amide bonds. The van der Waals surface area contributed by atoms with Crippen LogP contribution in [0, 0.1) is 11.3 Å². The lowest BCUT2D eigenvalue weighted by Crippen LogP contribution is -2.22. The maximum absolute atomic E-state index is 12.8. The van der Waals surface area contributed by atoms with E-state index in [1.54, 1.807) is 0 Å². The molecule has 20 heavy (non-hydrogen) atoms. The van der Waals surface area contributed by atoms with E-state index in [1.165, 1.54) is 6.07 Å². The van der Waals surface area contributed by atoms with Crippen LogP contribution in [-0.4, -0.2) is 13.1 Å². The molecule has 0 aliphatic rings. The van der Waals surface area contributed by atoms with Gasteiger partial charge in [-0.15, -0.1) is 0 Å². The highest BCUT2D eigenvalue weighted by molar-refractivity contribution is 5.92. The predicted molar refractivity (Wildman–Crippen MR) is 52.5 cm³/mol. The van der Waals surface area contributed by atoms with Gasteiger partial charge in [-0.2, -0.15) is 31.6 Å². The summed E-state index contributed by atoms with van der Waals surface area (Å²) in [5.41, 5.74) is -6.36. The molecule has 0 spiro atoms. The van der Waals surface area contributed by atoms with Crippen molar-refractivity contribution in [2.75, 3.05) is 7.11 Å². The Morgan fingerprint density at radius 2 is 1.70 bits per heavy atom. The van der Waals surface area contributed by atoms with E-state index < -0.39 is 40.6 Å². The first kappa shape index (κ1) is 15.8. The summed E-state index contributed by atoms with van der Waals surface area (Å²) in [4.78, 5) is 11.2. The number of carbonyl (C=O) groups excluding carboxylic acids is 1. The molecule has 0 atom stereocenters. The van der Waals surface area contributed by atoms with Crippen molar-refractivity contribution in [3.05, 3.63) is 34.4 Å². The first-order chi connectivity index (χ1) is 9.02. The van der Waals surface area contributed by atoms with Crippen molar-refractivity contribution in [2.24, 2.45) is 0 Å². The third kappa shape index (κ3) is 3.01. The molecule has 0 saturated carbocycles. The maximum atomic E-state index is 12.8. The molecule has 0 saturated heterocycles. The van der Waals surface area contributed by atoms with Crippen molar-refractivity contribution < 1.29 is 35.9 Å². The van der Waals surface area contributed by atoms with Crippen molar-refractivity contribution in [3.63, 3.8) is 0 Å². The Labute approximate surface area is 108 Å². The third-order valence-corrected chi connectivity index (χ3v) is 2.26. The Hall–Kier alpha value is -2.24. The lowest BCUT2D eigenvalue weighted by molar-refractivity contribution is -0.162.